The van der Waals surface area contributed by atoms with E-state index in [2.05, 4.69) is 32.3 Å². The van der Waals surface area contributed by atoms with Crippen molar-refractivity contribution in [3.8, 4) is 11.4 Å². The van der Waals surface area contributed by atoms with Crippen LogP contribution in [0.4, 0.5) is 20.2 Å². The number of hydrogen-bond acceptors (Lipinski definition) is 8. The largest absolute Gasteiger partial charge is 0.473 e. The van der Waals surface area contributed by atoms with Gasteiger partial charge in [0.15, 0.2) is 17.5 Å². The Balaban J connectivity index is 1.26. The molecule has 2 saturated heterocycles. The van der Waals surface area contributed by atoms with Gasteiger partial charge in [-0.3, -0.25) is 4.98 Å². The van der Waals surface area contributed by atoms with Gasteiger partial charge in [0.2, 0.25) is 5.82 Å². The highest BCUT2D eigenvalue weighted by Gasteiger charge is 2.31. The van der Waals surface area contributed by atoms with Crippen LogP contribution in [0.2, 0.25) is 0 Å². The van der Waals surface area contributed by atoms with E-state index in [-0.39, 0.29) is 17.8 Å². The average Bonchev–Trinajstić information content (AvgIpc) is 3.47. The second-order valence-corrected chi connectivity index (χ2v) is 8.45. The van der Waals surface area contributed by atoms with E-state index in [9.17, 15) is 0 Å². The van der Waals surface area contributed by atoms with Crippen LogP contribution >= 0.6 is 0 Å². The maximum Gasteiger partial charge on any atom is 0.205 e. The van der Waals surface area contributed by atoms with Crippen LogP contribution in [0.15, 0.2) is 49.1 Å². The number of ether oxygens (including phenoxy) is 1. The Kier molecular flexibility index (Phi) is 6.10. The lowest BCUT2D eigenvalue weighted by atomic mass is 10.0. The predicted molar refractivity (Wildman–Crippen MR) is 123 cm³/mol. The van der Waals surface area contributed by atoms with Gasteiger partial charge in [-0.05, 0) is 55.9 Å². The molecule has 4 heterocycles. The number of piperidine rings is 1. The Labute approximate surface area is 196 Å². The van der Waals surface area contributed by atoms with Gasteiger partial charge in [-0.25, -0.2) is 8.78 Å². The molecule has 1 unspecified atom stereocenters. The van der Waals surface area contributed by atoms with Gasteiger partial charge in [0, 0.05) is 43.3 Å². The van der Waals surface area contributed by atoms with Crippen molar-refractivity contribution >= 4 is 11.4 Å². The standard InChI is InChI=1S/C23H26F2N8O/c1-15-32(14-19(34-15)13-26-2)18-11-20(24)22(21(25)12-18)31-9-5-17(6-10-31)33-29-23(28-30-33)16-3-7-27-8-4-16/h3-4,7-8,11-12,17,19,26H,1,5-6,9-10,13-14H2,2H3. The molecule has 2 aliphatic heterocycles. The summed E-state index contributed by atoms with van der Waals surface area (Å²) in [5.41, 5.74) is 1.22. The lowest BCUT2D eigenvalue weighted by molar-refractivity contribution is 0.169. The SMILES string of the molecule is C=C1OC(CNC)CN1c1cc(F)c(N2CCC(n3nnc(-c4ccncc4)n3)CC2)c(F)c1. The van der Waals surface area contributed by atoms with E-state index in [1.165, 1.54) is 12.1 Å². The molecule has 9 nitrogen and oxygen atoms in total. The summed E-state index contributed by atoms with van der Waals surface area (Å²) in [7, 11) is 1.82. The molecule has 2 fully saturated rings. The fourth-order valence-electron chi connectivity index (χ4n) is 4.51. The number of rotatable bonds is 6. The lowest BCUT2D eigenvalue weighted by Gasteiger charge is -2.33. The van der Waals surface area contributed by atoms with Gasteiger partial charge < -0.3 is 19.9 Å². The van der Waals surface area contributed by atoms with Crippen LogP contribution in [0.5, 0.6) is 0 Å². The second-order valence-electron chi connectivity index (χ2n) is 8.45. The van der Waals surface area contributed by atoms with Crippen LogP contribution in [-0.4, -0.2) is 64.5 Å². The highest BCUT2D eigenvalue weighted by molar-refractivity contribution is 5.61. The van der Waals surface area contributed by atoms with E-state index in [1.807, 2.05) is 19.2 Å². The smallest absolute Gasteiger partial charge is 0.205 e. The maximum absolute atomic E-state index is 15.1. The molecule has 1 N–H and O–H groups in total. The molecule has 0 saturated carbocycles. The third kappa shape index (κ3) is 4.30. The number of pyridine rings is 1. The highest BCUT2D eigenvalue weighted by atomic mass is 19.1. The Bertz CT molecular complexity index is 1140. The van der Waals surface area contributed by atoms with Crippen LogP contribution in [0, 0.1) is 11.6 Å². The van der Waals surface area contributed by atoms with Crippen LogP contribution < -0.4 is 15.1 Å². The first-order chi connectivity index (χ1) is 16.5. The molecule has 178 valence electrons. The van der Waals surface area contributed by atoms with Gasteiger partial charge in [0.25, 0.3) is 0 Å². The zero-order valence-corrected chi connectivity index (χ0v) is 18.9. The molecule has 1 atom stereocenters. The minimum Gasteiger partial charge on any atom is -0.473 e. The first-order valence-corrected chi connectivity index (χ1v) is 11.2. The van der Waals surface area contributed by atoms with Crippen LogP contribution in [0.1, 0.15) is 18.9 Å². The fraction of sp³-hybridized carbons (Fsp3) is 0.391. The molecular weight excluding hydrogens is 442 g/mol. The van der Waals surface area contributed by atoms with Crippen molar-refractivity contribution in [1.82, 2.24) is 30.5 Å². The third-order valence-corrected chi connectivity index (χ3v) is 6.21. The summed E-state index contributed by atoms with van der Waals surface area (Å²) in [5.74, 6) is -0.282. The average molecular weight is 469 g/mol. The van der Waals surface area contributed by atoms with Gasteiger partial charge >= 0.3 is 0 Å². The van der Waals surface area contributed by atoms with Gasteiger partial charge in [-0.15, -0.1) is 10.2 Å². The third-order valence-electron chi connectivity index (χ3n) is 6.21. The summed E-state index contributed by atoms with van der Waals surface area (Å²) in [6.07, 6.45) is 4.53. The van der Waals surface area contributed by atoms with Crippen molar-refractivity contribution in [3.63, 3.8) is 0 Å². The number of hydrogen-bond donors (Lipinski definition) is 1. The van der Waals surface area contributed by atoms with Crippen molar-refractivity contribution < 1.29 is 13.5 Å². The Morgan fingerprint density at radius 1 is 1.15 bits per heavy atom. The summed E-state index contributed by atoms with van der Waals surface area (Å²) < 4.78 is 35.9. The molecule has 2 aliphatic rings. The molecular formula is C23H26F2N8O. The maximum atomic E-state index is 15.1. The Hall–Kier alpha value is -3.60. The van der Waals surface area contributed by atoms with E-state index in [0.29, 0.717) is 56.4 Å². The molecule has 0 radical (unpaired) electrons. The summed E-state index contributed by atoms with van der Waals surface area (Å²) in [4.78, 5) is 9.03. The fourth-order valence-corrected chi connectivity index (χ4v) is 4.51. The molecule has 2 aromatic heterocycles. The number of nitrogens with one attached hydrogen (secondary N) is 1. The second kappa shape index (κ2) is 9.34. The van der Waals surface area contributed by atoms with Crippen LogP contribution in [0.25, 0.3) is 11.4 Å². The normalized spacial score (nSPS) is 19.0. The lowest BCUT2D eigenvalue weighted by Crippen LogP contribution is -2.36. The van der Waals surface area contributed by atoms with E-state index in [4.69, 9.17) is 4.74 Å². The number of tetrazole rings is 1. The number of benzene rings is 1. The van der Waals surface area contributed by atoms with Crippen molar-refractivity contribution in [2.75, 3.05) is 43.0 Å². The Morgan fingerprint density at radius 2 is 1.85 bits per heavy atom. The summed E-state index contributed by atoms with van der Waals surface area (Å²) in [6.45, 7) is 5.94. The zero-order chi connectivity index (χ0) is 23.7. The number of anilines is 2. The van der Waals surface area contributed by atoms with Crippen molar-refractivity contribution in [2.24, 2.45) is 0 Å². The van der Waals surface area contributed by atoms with Crippen molar-refractivity contribution in [2.45, 2.75) is 25.0 Å². The zero-order valence-electron chi connectivity index (χ0n) is 18.9. The Morgan fingerprint density at radius 3 is 2.53 bits per heavy atom. The molecule has 0 aliphatic carbocycles. The number of halogens is 2. The first kappa shape index (κ1) is 22.2. The van der Waals surface area contributed by atoms with Crippen LogP contribution in [-0.2, 0) is 4.74 Å². The van der Waals surface area contributed by atoms with Gasteiger partial charge in [0.05, 0.1) is 12.6 Å². The van der Waals surface area contributed by atoms with Gasteiger partial charge in [-0.2, -0.15) is 4.80 Å². The molecule has 0 spiro atoms. The van der Waals surface area contributed by atoms with Gasteiger partial charge in [0.1, 0.15) is 11.8 Å². The minimum absolute atomic E-state index is 0.0104. The van der Waals surface area contributed by atoms with E-state index in [1.54, 1.807) is 27.0 Å². The van der Waals surface area contributed by atoms with Gasteiger partial charge in [-0.1, -0.05) is 0 Å². The first-order valence-electron chi connectivity index (χ1n) is 11.2. The van der Waals surface area contributed by atoms with E-state index >= 15 is 8.78 Å². The summed E-state index contributed by atoms with van der Waals surface area (Å²) in [5, 5.41) is 15.8. The van der Waals surface area contributed by atoms with Crippen molar-refractivity contribution in [3.05, 3.63) is 60.8 Å². The monoisotopic (exact) mass is 468 g/mol. The van der Waals surface area contributed by atoms with Crippen LogP contribution in [0.3, 0.4) is 0 Å². The molecule has 0 bridgehead atoms. The quantitative estimate of drug-likeness (QED) is 0.591. The predicted octanol–water partition coefficient (Wildman–Crippen LogP) is 2.75. The van der Waals surface area contributed by atoms with E-state index < -0.39 is 11.6 Å². The topological polar surface area (TPSA) is 84.2 Å². The number of aromatic nitrogens is 5. The molecule has 34 heavy (non-hydrogen) atoms. The number of nitrogens with zero attached hydrogens (tertiary/aromatic N) is 7. The molecule has 5 rings (SSSR count). The minimum atomic E-state index is -0.600. The molecule has 1 aromatic carbocycles. The summed E-state index contributed by atoms with van der Waals surface area (Å²) in [6, 6.07) is 6.35. The molecule has 3 aromatic rings. The molecule has 0 amide bonds. The highest BCUT2D eigenvalue weighted by Crippen LogP contribution is 2.35. The molecule has 11 heteroatoms. The number of likely N-dealkylation sites (N-methyl/N-ethyl adjacent to an activating group) is 1. The summed E-state index contributed by atoms with van der Waals surface area (Å²) >= 11 is 0. The van der Waals surface area contributed by atoms with Crippen molar-refractivity contribution in [1.29, 1.82) is 0 Å². The van der Waals surface area contributed by atoms with E-state index in [0.717, 1.165) is 5.56 Å².